The molecule has 5 rings (SSSR count). The van der Waals surface area contributed by atoms with Gasteiger partial charge in [-0.25, -0.2) is 4.98 Å². The standard InChI is InChI=1S/C25H22N4O2S2/c26-24-18(12-17(14-28-24)21-13-16-8-10-27-11-9-19(16)32-21)23(30)20-6-7-22(33-20)29-25(31)15-4-2-1-3-5-15/h1-7,12-14,27H,8-11H2,(H2,26,28)(H,29,31). The highest BCUT2D eigenvalue weighted by molar-refractivity contribution is 7.18. The summed E-state index contributed by atoms with van der Waals surface area (Å²) in [6, 6.07) is 16.4. The number of anilines is 2. The van der Waals surface area contributed by atoms with Crippen molar-refractivity contribution in [3.05, 3.63) is 87.2 Å². The molecule has 3 aromatic heterocycles. The maximum Gasteiger partial charge on any atom is 0.256 e. The van der Waals surface area contributed by atoms with Gasteiger partial charge in [-0.3, -0.25) is 9.59 Å². The Morgan fingerprint density at radius 1 is 1.00 bits per heavy atom. The van der Waals surface area contributed by atoms with Gasteiger partial charge in [0.2, 0.25) is 5.78 Å². The zero-order valence-corrected chi connectivity index (χ0v) is 19.4. The van der Waals surface area contributed by atoms with Crippen LogP contribution in [0.1, 0.15) is 36.0 Å². The Morgan fingerprint density at radius 3 is 2.67 bits per heavy atom. The number of benzene rings is 1. The second-order valence-electron chi connectivity index (χ2n) is 7.78. The number of nitrogens with two attached hydrogens (primary N) is 1. The van der Waals surface area contributed by atoms with Gasteiger partial charge in [-0.05, 0) is 67.9 Å². The molecule has 0 radical (unpaired) electrons. The number of nitrogen functional groups attached to an aromatic ring is 1. The molecular formula is C25H22N4O2S2. The Bertz CT molecular complexity index is 1300. The number of hydrogen-bond donors (Lipinski definition) is 3. The summed E-state index contributed by atoms with van der Waals surface area (Å²) in [4.78, 5) is 32.9. The highest BCUT2D eigenvalue weighted by Gasteiger charge is 2.19. The third-order valence-electron chi connectivity index (χ3n) is 5.55. The number of ketones is 1. The largest absolute Gasteiger partial charge is 0.383 e. The van der Waals surface area contributed by atoms with Crippen LogP contribution in [0.5, 0.6) is 0 Å². The van der Waals surface area contributed by atoms with Crippen LogP contribution in [0.4, 0.5) is 10.8 Å². The van der Waals surface area contributed by atoms with Gasteiger partial charge in [0.25, 0.3) is 5.91 Å². The van der Waals surface area contributed by atoms with E-state index in [9.17, 15) is 9.59 Å². The third-order valence-corrected chi connectivity index (χ3v) is 7.83. The molecule has 6 nitrogen and oxygen atoms in total. The number of hydrogen-bond acceptors (Lipinski definition) is 7. The zero-order valence-electron chi connectivity index (χ0n) is 17.8. The van der Waals surface area contributed by atoms with Gasteiger partial charge in [0.05, 0.1) is 15.4 Å². The highest BCUT2D eigenvalue weighted by atomic mass is 32.1. The van der Waals surface area contributed by atoms with Crippen LogP contribution in [0.25, 0.3) is 10.4 Å². The summed E-state index contributed by atoms with van der Waals surface area (Å²) in [5.41, 5.74) is 9.28. The molecule has 0 unspecified atom stereocenters. The van der Waals surface area contributed by atoms with E-state index in [1.54, 1.807) is 41.8 Å². The van der Waals surface area contributed by atoms with Gasteiger partial charge in [-0.15, -0.1) is 22.7 Å². The van der Waals surface area contributed by atoms with Crippen molar-refractivity contribution >= 4 is 45.2 Å². The van der Waals surface area contributed by atoms with Gasteiger partial charge in [0.15, 0.2) is 0 Å². The molecule has 1 aliphatic heterocycles. The quantitative estimate of drug-likeness (QED) is 0.367. The van der Waals surface area contributed by atoms with Crippen LogP contribution >= 0.6 is 22.7 Å². The zero-order chi connectivity index (χ0) is 22.8. The van der Waals surface area contributed by atoms with Crippen molar-refractivity contribution < 1.29 is 9.59 Å². The van der Waals surface area contributed by atoms with E-state index >= 15 is 0 Å². The summed E-state index contributed by atoms with van der Waals surface area (Å²) in [6.07, 6.45) is 3.75. The van der Waals surface area contributed by atoms with E-state index in [0.29, 0.717) is 21.0 Å². The maximum atomic E-state index is 13.2. The van der Waals surface area contributed by atoms with Crippen LogP contribution in [-0.2, 0) is 12.8 Å². The predicted octanol–water partition coefficient (Wildman–Crippen LogP) is 4.63. The number of fused-ring (bicyclic) bond motifs is 1. The molecule has 0 spiro atoms. The molecule has 4 aromatic rings. The summed E-state index contributed by atoms with van der Waals surface area (Å²) >= 11 is 2.98. The molecule has 0 bridgehead atoms. The number of amides is 1. The van der Waals surface area contributed by atoms with Gasteiger partial charge < -0.3 is 16.4 Å². The molecule has 166 valence electrons. The number of carbonyl (C=O) groups is 2. The molecule has 1 aliphatic rings. The summed E-state index contributed by atoms with van der Waals surface area (Å²) in [5.74, 6) is -0.212. The number of nitrogens with zero attached hydrogens (tertiary/aromatic N) is 1. The molecular weight excluding hydrogens is 452 g/mol. The van der Waals surface area contributed by atoms with E-state index in [-0.39, 0.29) is 17.5 Å². The topological polar surface area (TPSA) is 97.1 Å². The SMILES string of the molecule is Nc1ncc(-c2cc3c(s2)CCNCC3)cc1C(=O)c1ccc(NC(=O)c2ccccc2)s1. The van der Waals surface area contributed by atoms with Crippen LogP contribution in [0.15, 0.2) is 60.8 Å². The van der Waals surface area contributed by atoms with Crippen LogP contribution in [0.2, 0.25) is 0 Å². The van der Waals surface area contributed by atoms with Crippen LogP contribution < -0.4 is 16.4 Å². The van der Waals surface area contributed by atoms with Gasteiger partial charge in [0, 0.05) is 27.1 Å². The fraction of sp³-hybridized carbons (Fsp3) is 0.160. The number of nitrogens with one attached hydrogen (secondary N) is 2. The van der Waals surface area contributed by atoms with Gasteiger partial charge in [-0.1, -0.05) is 18.2 Å². The Morgan fingerprint density at radius 2 is 1.82 bits per heavy atom. The van der Waals surface area contributed by atoms with Gasteiger partial charge >= 0.3 is 0 Å². The van der Waals surface area contributed by atoms with Crippen molar-refractivity contribution in [3.8, 4) is 10.4 Å². The Balaban J connectivity index is 1.38. The first-order valence-corrected chi connectivity index (χ1v) is 12.3. The number of thiophene rings is 2. The van der Waals surface area contributed by atoms with E-state index < -0.39 is 0 Å². The van der Waals surface area contributed by atoms with Gasteiger partial charge in [-0.2, -0.15) is 0 Å². The van der Waals surface area contributed by atoms with Crippen molar-refractivity contribution in [2.75, 3.05) is 24.1 Å². The summed E-state index contributed by atoms with van der Waals surface area (Å²) in [5, 5.41) is 6.87. The number of carbonyl (C=O) groups excluding carboxylic acids is 2. The molecule has 4 N–H and O–H groups in total. The molecule has 0 fully saturated rings. The predicted molar refractivity (Wildman–Crippen MR) is 134 cm³/mol. The van der Waals surface area contributed by atoms with Crippen LogP contribution in [0.3, 0.4) is 0 Å². The van der Waals surface area contributed by atoms with Crippen molar-refractivity contribution in [1.29, 1.82) is 0 Å². The van der Waals surface area contributed by atoms with Crippen molar-refractivity contribution in [2.24, 2.45) is 0 Å². The van der Waals surface area contributed by atoms with E-state index in [2.05, 4.69) is 21.7 Å². The lowest BCUT2D eigenvalue weighted by Crippen LogP contribution is -2.16. The fourth-order valence-corrected chi connectivity index (χ4v) is 5.86. The molecule has 33 heavy (non-hydrogen) atoms. The van der Waals surface area contributed by atoms with Gasteiger partial charge in [0.1, 0.15) is 5.82 Å². The molecule has 0 atom stereocenters. The lowest BCUT2D eigenvalue weighted by atomic mass is 10.1. The van der Waals surface area contributed by atoms with Crippen molar-refractivity contribution in [1.82, 2.24) is 10.3 Å². The first kappa shape index (κ1) is 21.5. The summed E-state index contributed by atoms with van der Waals surface area (Å²) in [6.45, 7) is 1.96. The van der Waals surface area contributed by atoms with E-state index in [4.69, 9.17) is 5.73 Å². The van der Waals surface area contributed by atoms with E-state index in [1.807, 2.05) is 24.3 Å². The monoisotopic (exact) mass is 474 g/mol. The molecule has 0 aliphatic carbocycles. The highest BCUT2D eigenvalue weighted by Crippen LogP contribution is 2.34. The first-order chi connectivity index (χ1) is 16.1. The maximum absolute atomic E-state index is 13.2. The number of pyridine rings is 1. The molecule has 4 heterocycles. The van der Waals surface area contributed by atoms with E-state index in [1.165, 1.54) is 21.8 Å². The minimum absolute atomic E-state index is 0.200. The lowest BCUT2D eigenvalue weighted by Gasteiger charge is -2.06. The average Bonchev–Trinajstić information content (AvgIpc) is 3.41. The second kappa shape index (κ2) is 9.27. The molecule has 1 aromatic carbocycles. The molecule has 1 amide bonds. The number of aromatic nitrogens is 1. The number of rotatable bonds is 5. The average molecular weight is 475 g/mol. The van der Waals surface area contributed by atoms with Crippen molar-refractivity contribution in [2.45, 2.75) is 12.8 Å². The third kappa shape index (κ3) is 4.59. The van der Waals surface area contributed by atoms with Crippen LogP contribution in [-0.4, -0.2) is 29.8 Å². The Labute approximate surface area is 199 Å². The molecule has 0 saturated carbocycles. The second-order valence-corrected chi connectivity index (χ2v) is 10.00. The summed E-state index contributed by atoms with van der Waals surface area (Å²) < 4.78 is 0. The van der Waals surface area contributed by atoms with E-state index in [0.717, 1.165) is 36.4 Å². The first-order valence-electron chi connectivity index (χ1n) is 10.7. The molecule has 8 heteroatoms. The Kier molecular flexibility index (Phi) is 6.04. The van der Waals surface area contributed by atoms with Crippen LogP contribution in [0, 0.1) is 0 Å². The molecule has 0 saturated heterocycles. The lowest BCUT2D eigenvalue weighted by molar-refractivity contribution is 0.102. The normalized spacial score (nSPS) is 13.2. The smallest absolute Gasteiger partial charge is 0.256 e. The minimum atomic E-state index is -0.215. The fourth-order valence-electron chi connectivity index (χ4n) is 3.81. The van der Waals surface area contributed by atoms with Crippen molar-refractivity contribution in [3.63, 3.8) is 0 Å². The minimum Gasteiger partial charge on any atom is -0.383 e. The summed E-state index contributed by atoms with van der Waals surface area (Å²) in [7, 11) is 0. The Hall–Kier alpha value is -3.33.